The molecule has 0 aromatic carbocycles. The fourth-order valence-electron chi connectivity index (χ4n) is 9.67. The number of ether oxygens (including phenoxy) is 1. The molecule has 4 N–H and O–H groups in total. The maximum atomic E-state index is 13.4. The number of nitrogens with zero attached hydrogens (tertiary/aromatic N) is 2. The van der Waals surface area contributed by atoms with Gasteiger partial charge in [-0.25, -0.2) is 0 Å². The molecule has 1 aromatic heterocycles. The third kappa shape index (κ3) is 3.50. The highest BCUT2D eigenvalue weighted by Crippen LogP contribution is 2.71. The van der Waals surface area contributed by atoms with Crippen LogP contribution in [-0.2, 0) is 16.1 Å². The Morgan fingerprint density at radius 2 is 1.91 bits per heavy atom. The monoisotopic (exact) mass is 456 g/mol. The summed E-state index contributed by atoms with van der Waals surface area (Å²) in [6, 6.07) is 0. The lowest BCUT2D eigenvalue weighted by atomic mass is 9.39. The largest absolute Gasteiger partial charge is 0.396 e. The molecular weight excluding hydrogens is 412 g/mol. The van der Waals surface area contributed by atoms with Gasteiger partial charge in [0.25, 0.3) is 0 Å². The fraction of sp³-hybridized carbons (Fsp3) is 0.852. The van der Waals surface area contributed by atoms with Crippen molar-refractivity contribution >= 4 is 11.5 Å². The number of Topliss-reactive ketones (excluding diaryl/α,β-unsaturated/α-hetero) is 1. The van der Waals surface area contributed by atoms with Crippen molar-refractivity contribution in [2.75, 3.05) is 19.5 Å². The van der Waals surface area contributed by atoms with Crippen molar-refractivity contribution < 1.29 is 9.53 Å². The minimum Gasteiger partial charge on any atom is -0.396 e. The van der Waals surface area contributed by atoms with Gasteiger partial charge in [0, 0.05) is 30.2 Å². The molecule has 6 nitrogen and oxygen atoms in total. The molecule has 6 heteroatoms. The Bertz CT molecular complexity index is 912. The molecule has 1 unspecified atom stereocenters. The van der Waals surface area contributed by atoms with E-state index >= 15 is 0 Å². The Balaban J connectivity index is 1.40. The van der Waals surface area contributed by atoms with Gasteiger partial charge >= 0.3 is 0 Å². The average molecular weight is 457 g/mol. The number of aromatic nitrogens is 2. The molecule has 33 heavy (non-hydrogen) atoms. The lowest BCUT2D eigenvalue weighted by Gasteiger charge is -2.67. The van der Waals surface area contributed by atoms with Gasteiger partial charge in [0.2, 0.25) is 0 Å². The number of hydrogen-bond donors (Lipinski definition) is 2. The van der Waals surface area contributed by atoms with Gasteiger partial charge in [0.15, 0.2) is 5.78 Å². The molecule has 0 amide bonds. The van der Waals surface area contributed by atoms with Crippen LogP contribution >= 0.6 is 0 Å². The lowest BCUT2D eigenvalue weighted by molar-refractivity contribution is -0.194. The number of nitrogens with two attached hydrogens (primary N) is 2. The van der Waals surface area contributed by atoms with Crippen LogP contribution in [0.4, 0.5) is 5.69 Å². The van der Waals surface area contributed by atoms with Crippen LogP contribution in [0, 0.1) is 39.9 Å². The summed E-state index contributed by atoms with van der Waals surface area (Å²) in [6.07, 6.45) is 13.9. The summed E-state index contributed by atoms with van der Waals surface area (Å²) in [4.78, 5) is 13.4. The van der Waals surface area contributed by atoms with Gasteiger partial charge in [0.1, 0.15) is 0 Å². The number of methoxy groups -OCH3 is 1. The van der Waals surface area contributed by atoms with Crippen molar-refractivity contribution in [3.05, 3.63) is 12.4 Å². The molecule has 4 saturated carbocycles. The van der Waals surface area contributed by atoms with E-state index in [1.54, 1.807) is 17.1 Å². The molecule has 0 aliphatic heterocycles. The van der Waals surface area contributed by atoms with E-state index in [0.717, 1.165) is 32.3 Å². The van der Waals surface area contributed by atoms with Crippen molar-refractivity contribution in [1.29, 1.82) is 0 Å². The van der Waals surface area contributed by atoms with Crippen LogP contribution in [0.15, 0.2) is 12.4 Å². The topological polar surface area (TPSA) is 96.2 Å². The summed E-state index contributed by atoms with van der Waals surface area (Å²) in [5.74, 6) is 2.50. The Hall–Kier alpha value is -1.40. The number of anilines is 1. The third-order valence-electron chi connectivity index (χ3n) is 11.1. The van der Waals surface area contributed by atoms with E-state index < -0.39 is 0 Å². The molecule has 1 aromatic rings. The summed E-state index contributed by atoms with van der Waals surface area (Å²) >= 11 is 0. The molecule has 8 atom stereocenters. The normalized spacial score (nSPS) is 46.9. The molecule has 4 aliphatic carbocycles. The molecule has 0 radical (unpaired) electrons. The Labute approximate surface area is 199 Å². The first-order chi connectivity index (χ1) is 15.5. The summed E-state index contributed by atoms with van der Waals surface area (Å²) in [6.45, 7) is 8.39. The fourth-order valence-corrected chi connectivity index (χ4v) is 9.67. The second-order valence-electron chi connectivity index (χ2n) is 13.0. The number of hydrogen-bond acceptors (Lipinski definition) is 5. The Morgan fingerprint density at radius 3 is 2.61 bits per heavy atom. The standard InChI is InChI=1S/C27H44N4O2/c1-24-9-7-19-20-5-6-22(23(32)15-31-14-18(28)13-30-31)26(20,3)10-8-21(19)27(24,17-33-4)12-11-25(2,29)16-24/h13-14,19-22H,5-12,15-17,28-29H2,1-4H3/t19-,20-,21-,22+,24?,25+,26-,27-/m0/s1. The molecule has 0 bridgehead atoms. The van der Waals surface area contributed by atoms with Gasteiger partial charge in [-0.15, -0.1) is 0 Å². The van der Waals surface area contributed by atoms with E-state index in [1.807, 2.05) is 7.11 Å². The lowest BCUT2D eigenvalue weighted by Crippen LogP contribution is -2.64. The first-order valence-corrected chi connectivity index (χ1v) is 13.1. The number of carbonyl (C=O) groups excluding carboxylic acids is 1. The van der Waals surface area contributed by atoms with E-state index in [9.17, 15) is 4.79 Å². The number of carbonyl (C=O) groups is 1. The van der Waals surface area contributed by atoms with Gasteiger partial charge in [0.05, 0.1) is 25.0 Å². The molecule has 4 aliphatic rings. The molecule has 0 spiro atoms. The van der Waals surface area contributed by atoms with E-state index in [4.69, 9.17) is 16.2 Å². The van der Waals surface area contributed by atoms with Gasteiger partial charge in [-0.05, 0) is 93.3 Å². The first-order valence-electron chi connectivity index (χ1n) is 13.1. The zero-order chi connectivity index (χ0) is 23.6. The van der Waals surface area contributed by atoms with Crippen molar-refractivity contribution in [3.63, 3.8) is 0 Å². The van der Waals surface area contributed by atoms with Crippen LogP contribution in [-0.4, -0.2) is 34.8 Å². The second kappa shape index (κ2) is 7.81. The highest BCUT2D eigenvalue weighted by Gasteiger charge is 2.66. The number of fused-ring (bicyclic) bond motifs is 5. The molecule has 1 heterocycles. The molecule has 4 fully saturated rings. The summed E-state index contributed by atoms with van der Waals surface area (Å²) in [5, 5.41) is 4.26. The maximum absolute atomic E-state index is 13.4. The smallest absolute Gasteiger partial charge is 0.157 e. The molecule has 184 valence electrons. The van der Waals surface area contributed by atoms with Crippen molar-refractivity contribution in [2.24, 2.45) is 45.7 Å². The minimum absolute atomic E-state index is 0.0667. The van der Waals surface area contributed by atoms with E-state index in [2.05, 4.69) is 25.9 Å². The van der Waals surface area contributed by atoms with Crippen molar-refractivity contribution in [1.82, 2.24) is 9.78 Å². The third-order valence-corrected chi connectivity index (χ3v) is 11.1. The number of ketones is 1. The summed E-state index contributed by atoms with van der Waals surface area (Å²) < 4.78 is 7.69. The predicted octanol–water partition coefficient (Wildman–Crippen LogP) is 4.43. The van der Waals surface area contributed by atoms with E-state index in [0.29, 0.717) is 35.8 Å². The molecule has 5 rings (SSSR count). The van der Waals surface area contributed by atoms with Crippen LogP contribution < -0.4 is 11.5 Å². The van der Waals surface area contributed by atoms with Gasteiger partial charge < -0.3 is 16.2 Å². The summed E-state index contributed by atoms with van der Waals surface area (Å²) in [5.41, 5.74) is 13.7. The average Bonchev–Trinajstić information content (AvgIpc) is 3.30. The van der Waals surface area contributed by atoms with Gasteiger partial charge in [-0.1, -0.05) is 13.8 Å². The number of rotatable bonds is 5. The minimum atomic E-state index is -0.0667. The predicted molar refractivity (Wildman–Crippen MR) is 130 cm³/mol. The highest BCUT2D eigenvalue weighted by molar-refractivity contribution is 5.82. The van der Waals surface area contributed by atoms with E-state index in [1.165, 1.54) is 32.1 Å². The van der Waals surface area contributed by atoms with Crippen molar-refractivity contribution in [3.8, 4) is 0 Å². The zero-order valence-corrected chi connectivity index (χ0v) is 21.1. The van der Waals surface area contributed by atoms with Crippen LogP contribution in [0.25, 0.3) is 0 Å². The van der Waals surface area contributed by atoms with E-state index in [-0.39, 0.29) is 27.7 Å². The molecular formula is C27H44N4O2. The summed E-state index contributed by atoms with van der Waals surface area (Å²) in [7, 11) is 1.88. The first kappa shape index (κ1) is 23.3. The van der Waals surface area contributed by atoms with Gasteiger partial charge in [-0.2, -0.15) is 5.10 Å². The van der Waals surface area contributed by atoms with Crippen LogP contribution in [0.3, 0.4) is 0 Å². The quantitative estimate of drug-likeness (QED) is 0.683. The Morgan fingerprint density at radius 1 is 1.12 bits per heavy atom. The van der Waals surface area contributed by atoms with Gasteiger partial charge in [-0.3, -0.25) is 9.48 Å². The van der Waals surface area contributed by atoms with Crippen molar-refractivity contribution in [2.45, 2.75) is 90.6 Å². The Kier molecular flexibility index (Phi) is 5.52. The second-order valence-corrected chi connectivity index (χ2v) is 13.0. The molecule has 0 saturated heterocycles. The van der Waals surface area contributed by atoms with Crippen LogP contribution in [0.1, 0.15) is 78.6 Å². The van der Waals surface area contributed by atoms with Crippen LogP contribution in [0.2, 0.25) is 0 Å². The SMILES string of the molecule is COC[C@]12CC[C@@](C)(N)CC1(C)CC[C@H]1[C@@H]3CC[C@H](C(=O)Cn4cc(N)cn4)[C@@]3(C)CC[C@@H]12. The highest BCUT2D eigenvalue weighted by atomic mass is 16.5. The zero-order valence-electron chi connectivity index (χ0n) is 21.1. The van der Waals surface area contributed by atoms with Crippen LogP contribution in [0.5, 0.6) is 0 Å². The number of nitrogen functional groups attached to an aromatic ring is 1. The maximum Gasteiger partial charge on any atom is 0.157 e.